The van der Waals surface area contributed by atoms with Crippen molar-refractivity contribution in [3.05, 3.63) is 0 Å². The molecule has 0 spiro atoms. The van der Waals surface area contributed by atoms with E-state index in [1.165, 1.54) is 0 Å². The standard InChI is InChI=1S/C11H23NO2/c1-5-11(6-2,7-3)8-12-9(4)10(13)14/h9,12H,5-8H2,1-4H3,(H,13,14). The van der Waals surface area contributed by atoms with E-state index in [0.717, 1.165) is 25.8 Å². The predicted molar refractivity (Wildman–Crippen MR) is 58.4 cm³/mol. The molecule has 0 aliphatic carbocycles. The Morgan fingerprint density at radius 2 is 1.71 bits per heavy atom. The van der Waals surface area contributed by atoms with Gasteiger partial charge in [-0.15, -0.1) is 0 Å². The molecule has 2 N–H and O–H groups in total. The Balaban J connectivity index is 4.12. The maximum absolute atomic E-state index is 10.6. The van der Waals surface area contributed by atoms with Gasteiger partial charge in [-0.3, -0.25) is 4.79 Å². The topological polar surface area (TPSA) is 49.3 Å². The van der Waals surface area contributed by atoms with Gasteiger partial charge in [0.05, 0.1) is 0 Å². The highest BCUT2D eigenvalue weighted by Gasteiger charge is 2.25. The molecular weight excluding hydrogens is 178 g/mol. The van der Waals surface area contributed by atoms with E-state index in [-0.39, 0.29) is 5.41 Å². The summed E-state index contributed by atoms with van der Waals surface area (Å²) in [5, 5.41) is 11.8. The molecule has 0 heterocycles. The monoisotopic (exact) mass is 201 g/mol. The molecule has 0 aliphatic rings. The second-order valence-electron chi connectivity index (χ2n) is 4.00. The van der Waals surface area contributed by atoms with Gasteiger partial charge in [-0.1, -0.05) is 20.8 Å². The maximum atomic E-state index is 10.6. The second kappa shape index (κ2) is 6.02. The lowest BCUT2D eigenvalue weighted by molar-refractivity contribution is -0.139. The summed E-state index contributed by atoms with van der Waals surface area (Å²) in [7, 11) is 0. The van der Waals surface area contributed by atoms with Crippen LogP contribution in [-0.2, 0) is 4.79 Å². The van der Waals surface area contributed by atoms with Gasteiger partial charge in [0.25, 0.3) is 0 Å². The van der Waals surface area contributed by atoms with Gasteiger partial charge in [-0.2, -0.15) is 0 Å². The first kappa shape index (κ1) is 13.4. The van der Waals surface area contributed by atoms with Gasteiger partial charge in [0.15, 0.2) is 0 Å². The molecule has 0 radical (unpaired) electrons. The van der Waals surface area contributed by atoms with E-state index in [1.807, 2.05) is 0 Å². The van der Waals surface area contributed by atoms with Crippen molar-refractivity contribution in [3.63, 3.8) is 0 Å². The average Bonchev–Trinajstić information content (AvgIpc) is 2.20. The van der Waals surface area contributed by atoms with Crippen LogP contribution in [0.2, 0.25) is 0 Å². The third-order valence-corrected chi connectivity index (χ3v) is 3.40. The van der Waals surface area contributed by atoms with Crippen molar-refractivity contribution >= 4 is 5.97 Å². The summed E-state index contributed by atoms with van der Waals surface area (Å²) in [6, 6.07) is -0.445. The fourth-order valence-electron chi connectivity index (χ4n) is 1.58. The van der Waals surface area contributed by atoms with Crippen LogP contribution in [0.25, 0.3) is 0 Å². The predicted octanol–water partition coefficient (Wildman–Crippen LogP) is 2.27. The summed E-state index contributed by atoms with van der Waals surface area (Å²) in [4.78, 5) is 10.6. The van der Waals surface area contributed by atoms with Gasteiger partial charge in [0.2, 0.25) is 0 Å². The van der Waals surface area contributed by atoms with E-state index in [2.05, 4.69) is 26.1 Å². The Morgan fingerprint density at radius 3 is 2.00 bits per heavy atom. The van der Waals surface area contributed by atoms with Crippen LogP contribution in [0.5, 0.6) is 0 Å². The van der Waals surface area contributed by atoms with Crippen molar-refractivity contribution in [1.29, 1.82) is 0 Å². The van der Waals surface area contributed by atoms with E-state index in [0.29, 0.717) is 0 Å². The molecule has 0 saturated heterocycles. The first-order valence-electron chi connectivity index (χ1n) is 5.47. The molecule has 0 bridgehead atoms. The van der Waals surface area contributed by atoms with Gasteiger partial charge in [0, 0.05) is 6.54 Å². The number of carboxylic acid groups (broad SMARTS) is 1. The molecule has 14 heavy (non-hydrogen) atoms. The molecule has 1 unspecified atom stereocenters. The van der Waals surface area contributed by atoms with E-state index in [4.69, 9.17) is 5.11 Å². The van der Waals surface area contributed by atoms with Crippen molar-refractivity contribution < 1.29 is 9.90 Å². The lowest BCUT2D eigenvalue weighted by Crippen LogP contribution is -2.41. The number of carboxylic acids is 1. The lowest BCUT2D eigenvalue weighted by atomic mass is 9.79. The van der Waals surface area contributed by atoms with Crippen molar-refractivity contribution in [2.45, 2.75) is 53.0 Å². The van der Waals surface area contributed by atoms with E-state index < -0.39 is 12.0 Å². The average molecular weight is 201 g/mol. The summed E-state index contributed by atoms with van der Waals surface area (Å²) in [5.41, 5.74) is 0.268. The molecule has 0 saturated carbocycles. The molecule has 0 aromatic rings. The summed E-state index contributed by atoms with van der Waals surface area (Å²) in [5.74, 6) is -0.776. The van der Waals surface area contributed by atoms with Gasteiger partial charge < -0.3 is 10.4 Å². The summed E-state index contributed by atoms with van der Waals surface area (Å²) < 4.78 is 0. The van der Waals surface area contributed by atoms with Crippen molar-refractivity contribution in [2.75, 3.05) is 6.54 Å². The third kappa shape index (κ3) is 3.66. The molecule has 0 aromatic carbocycles. The highest BCUT2D eigenvalue weighted by atomic mass is 16.4. The molecule has 0 amide bonds. The first-order chi connectivity index (χ1) is 6.51. The minimum atomic E-state index is -0.776. The van der Waals surface area contributed by atoms with Crippen LogP contribution in [0.3, 0.4) is 0 Å². The van der Waals surface area contributed by atoms with Gasteiger partial charge in [0.1, 0.15) is 6.04 Å². The summed E-state index contributed by atoms with van der Waals surface area (Å²) >= 11 is 0. The highest BCUT2D eigenvalue weighted by molar-refractivity contribution is 5.72. The number of carbonyl (C=O) groups is 1. The number of aliphatic carboxylic acids is 1. The number of hydrogen-bond acceptors (Lipinski definition) is 2. The molecular formula is C11H23NO2. The molecule has 0 aliphatic heterocycles. The third-order valence-electron chi connectivity index (χ3n) is 3.40. The molecule has 0 fully saturated rings. The van der Waals surface area contributed by atoms with E-state index in [1.54, 1.807) is 6.92 Å². The van der Waals surface area contributed by atoms with E-state index >= 15 is 0 Å². The quantitative estimate of drug-likeness (QED) is 0.664. The van der Waals surface area contributed by atoms with Gasteiger partial charge in [-0.25, -0.2) is 0 Å². The Kier molecular flexibility index (Phi) is 5.77. The minimum Gasteiger partial charge on any atom is -0.480 e. The summed E-state index contributed by atoms with van der Waals surface area (Å²) in [6.07, 6.45) is 3.29. The van der Waals surface area contributed by atoms with Gasteiger partial charge in [-0.05, 0) is 31.6 Å². The van der Waals surface area contributed by atoms with Crippen molar-refractivity contribution in [3.8, 4) is 0 Å². The Bertz CT molecular complexity index is 168. The molecule has 84 valence electrons. The van der Waals surface area contributed by atoms with Crippen LogP contribution in [0.4, 0.5) is 0 Å². The smallest absolute Gasteiger partial charge is 0.320 e. The highest BCUT2D eigenvalue weighted by Crippen LogP contribution is 2.29. The maximum Gasteiger partial charge on any atom is 0.320 e. The van der Waals surface area contributed by atoms with Gasteiger partial charge >= 0.3 is 5.97 Å². The van der Waals surface area contributed by atoms with Crippen LogP contribution in [-0.4, -0.2) is 23.7 Å². The van der Waals surface area contributed by atoms with Crippen LogP contribution in [0.15, 0.2) is 0 Å². The van der Waals surface area contributed by atoms with Crippen molar-refractivity contribution in [1.82, 2.24) is 5.32 Å². The zero-order chi connectivity index (χ0) is 11.2. The zero-order valence-corrected chi connectivity index (χ0v) is 9.76. The largest absolute Gasteiger partial charge is 0.480 e. The number of nitrogens with one attached hydrogen (secondary N) is 1. The van der Waals surface area contributed by atoms with Crippen LogP contribution >= 0.6 is 0 Å². The van der Waals surface area contributed by atoms with Crippen LogP contribution in [0, 0.1) is 5.41 Å². The molecule has 0 rings (SSSR count). The number of hydrogen-bond donors (Lipinski definition) is 2. The zero-order valence-electron chi connectivity index (χ0n) is 9.76. The minimum absolute atomic E-state index is 0.268. The molecule has 3 nitrogen and oxygen atoms in total. The first-order valence-corrected chi connectivity index (χ1v) is 5.47. The second-order valence-corrected chi connectivity index (χ2v) is 4.00. The van der Waals surface area contributed by atoms with Crippen LogP contribution < -0.4 is 5.32 Å². The summed E-state index contributed by atoms with van der Waals surface area (Å²) in [6.45, 7) is 8.98. The number of rotatable bonds is 7. The Hall–Kier alpha value is -0.570. The molecule has 0 aromatic heterocycles. The Labute approximate surface area is 86.9 Å². The fraction of sp³-hybridized carbons (Fsp3) is 0.909. The van der Waals surface area contributed by atoms with Crippen LogP contribution in [0.1, 0.15) is 47.0 Å². The van der Waals surface area contributed by atoms with E-state index in [9.17, 15) is 4.79 Å². The molecule has 1 atom stereocenters. The fourth-order valence-corrected chi connectivity index (χ4v) is 1.58. The normalized spacial score (nSPS) is 14.0. The SMILES string of the molecule is CCC(CC)(CC)CNC(C)C(=O)O. The lowest BCUT2D eigenvalue weighted by Gasteiger charge is -2.31. The molecule has 3 heteroatoms. The van der Waals surface area contributed by atoms with Crippen molar-refractivity contribution in [2.24, 2.45) is 5.41 Å². The Morgan fingerprint density at radius 1 is 1.29 bits per heavy atom.